The molecule has 14 heavy (non-hydrogen) atoms. The first-order valence-corrected chi connectivity index (χ1v) is 4.95. The number of aryl methyl sites for hydroxylation is 1. The summed E-state index contributed by atoms with van der Waals surface area (Å²) in [5.41, 5.74) is 0.639. The Hall–Kier alpha value is -0.870. The van der Waals surface area contributed by atoms with E-state index in [0.717, 1.165) is 0 Å². The summed E-state index contributed by atoms with van der Waals surface area (Å²) in [4.78, 5) is 7.75. The molecule has 0 unspecified atom stereocenters. The predicted octanol–water partition coefficient (Wildman–Crippen LogP) is 2.70. The van der Waals surface area contributed by atoms with Gasteiger partial charge in [-0.05, 0) is 11.6 Å². The molecular formula is C8H10Cl2N4. The molecule has 0 spiro atoms. The average molecular weight is 233 g/mol. The summed E-state index contributed by atoms with van der Waals surface area (Å²) in [5.74, 6) is 0. The highest BCUT2D eigenvalue weighted by Crippen LogP contribution is 2.20. The van der Waals surface area contributed by atoms with Gasteiger partial charge in [-0.2, -0.15) is 10.1 Å². The van der Waals surface area contributed by atoms with Gasteiger partial charge >= 0.3 is 0 Å². The molecule has 6 heteroatoms. The molecule has 0 bridgehead atoms. The smallest absolute Gasteiger partial charge is 0.225 e. The number of fused-ring (bicyclic) bond motifs is 1. The predicted molar refractivity (Wildman–Crippen MR) is 57.7 cm³/mol. The molecule has 2 heterocycles. The standard InChI is InChI=1S/C6H4Cl2N4.C2H6/c1-12-5-3(2-9-12)4(7)10-6(8)11-5;1-2/h2H,1H3;1-2H3. The second-order valence-electron chi connectivity index (χ2n) is 2.29. The monoisotopic (exact) mass is 232 g/mol. The van der Waals surface area contributed by atoms with Crippen LogP contribution in [0.4, 0.5) is 0 Å². The van der Waals surface area contributed by atoms with Crippen LogP contribution in [0.5, 0.6) is 0 Å². The molecule has 4 nitrogen and oxygen atoms in total. The van der Waals surface area contributed by atoms with E-state index in [1.54, 1.807) is 17.9 Å². The minimum Gasteiger partial charge on any atom is -0.250 e. The van der Waals surface area contributed by atoms with E-state index in [9.17, 15) is 0 Å². The molecule has 76 valence electrons. The minimum absolute atomic E-state index is 0.135. The third-order valence-corrected chi connectivity index (χ3v) is 1.98. The van der Waals surface area contributed by atoms with Gasteiger partial charge in [-0.1, -0.05) is 25.4 Å². The number of hydrogen-bond donors (Lipinski definition) is 0. The summed E-state index contributed by atoms with van der Waals surface area (Å²) < 4.78 is 1.59. The molecule has 2 aromatic heterocycles. The van der Waals surface area contributed by atoms with Crippen molar-refractivity contribution in [3.8, 4) is 0 Å². The van der Waals surface area contributed by atoms with E-state index in [0.29, 0.717) is 16.2 Å². The zero-order valence-corrected chi connectivity index (χ0v) is 9.63. The second-order valence-corrected chi connectivity index (χ2v) is 2.98. The molecule has 0 radical (unpaired) electrons. The molecule has 0 saturated heterocycles. The van der Waals surface area contributed by atoms with Crippen molar-refractivity contribution in [3.63, 3.8) is 0 Å². The molecule has 0 amide bonds. The third kappa shape index (κ3) is 1.96. The van der Waals surface area contributed by atoms with Crippen LogP contribution < -0.4 is 0 Å². The molecule has 0 aromatic carbocycles. The van der Waals surface area contributed by atoms with E-state index in [2.05, 4.69) is 15.1 Å². The fraction of sp³-hybridized carbons (Fsp3) is 0.375. The highest BCUT2D eigenvalue weighted by molar-refractivity contribution is 6.35. The zero-order chi connectivity index (χ0) is 10.7. The Bertz CT molecular complexity index is 438. The highest BCUT2D eigenvalue weighted by atomic mass is 35.5. The maximum atomic E-state index is 5.79. The third-order valence-electron chi connectivity index (χ3n) is 1.52. The Morgan fingerprint density at radius 1 is 1.21 bits per heavy atom. The first-order chi connectivity index (χ1) is 6.68. The molecule has 0 aliphatic rings. The van der Waals surface area contributed by atoms with Crippen LogP contribution in [0, 0.1) is 0 Å². The number of aromatic nitrogens is 4. The van der Waals surface area contributed by atoms with Crippen LogP contribution >= 0.6 is 23.2 Å². The number of rotatable bonds is 0. The van der Waals surface area contributed by atoms with Gasteiger partial charge in [0.15, 0.2) is 5.65 Å². The Kier molecular flexibility index (Phi) is 3.66. The SMILES string of the molecule is CC.Cn1ncc2c(Cl)nc(Cl)nc21. The number of hydrogen-bond acceptors (Lipinski definition) is 3. The van der Waals surface area contributed by atoms with Crippen LogP contribution in [-0.2, 0) is 7.05 Å². The van der Waals surface area contributed by atoms with E-state index < -0.39 is 0 Å². The fourth-order valence-electron chi connectivity index (χ4n) is 0.963. The zero-order valence-electron chi connectivity index (χ0n) is 8.12. The van der Waals surface area contributed by atoms with Gasteiger partial charge in [-0.15, -0.1) is 0 Å². The van der Waals surface area contributed by atoms with E-state index in [4.69, 9.17) is 23.2 Å². The van der Waals surface area contributed by atoms with E-state index in [1.165, 1.54) is 0 Å². The topological polar surface area (TPSA) is 43.6 Å². The second kappa shape index (κ2) is 4.57. The molecule has 2 rings (SSSR count). The molecule has 0 fully saturated rings. The normalized spacial score (nSPS) is 9.79. The lowest BCUT2D eigenvalue weighted by Gasteiger charge is -1.94. The summed E-state index contributed by atoms with van der Waals surface area (Å²) >= 11 is 11.4. The Labute approximate surface area is 91.9 Å². The highest BCUT2D eigenvalue weighted by Gasteiger charge is 2.07. The summed E-state index contributed by atoms with van der Waals surface area (Å²) in [5, 5.41) is 5.15. The van der Waals surface area contributed by atoms with Crippen molar-refractivity contribution in [2.45, 2.75) is 13.8 Å². The van der Waals surface area contributed by atoms with Crippen LogP contribution in [0.1, 0.15) is 13.8 Å². The lowest BCUT2D eigenvalue weighted by atomic mass is 10.4. The van der Waals surface area contributed by atoms with Gasteiger partial charge in [0.2, 0.25) is 5.28 Å². The van der Waals surface area contributed by atoms with Crippen molar-refractivity contribution in [1.82, 2.24) is 19.7 Å². The molecule has 0 aliphatic carbocycles. The van der Waals surface area contributed by atoms with Gasteiger partial charge in [0, 0.05) is 7.05 Å². The molecule has 0 saturated carbocycles. The molecular weight excluding hydrogens is 223 g/mol. The first-order valence-electron chi connectivity index (χ1n) is 4.19. The van der Waals surface area contributed by atoms with Gasteiger partial charge in [0.1, 0.15) is 5.15 Å². The lowest BCUT2D eigenvalue weighted by Crippen LogP contribution is -1.93. The van der Waals surface area contributed by atoms with E-state index in [1.807, 2.05) is 13.8 Å². The average Bonchev–Trinajstić information content (AvgIpc) is 2.52. The Morgan fingerprint density at radius 2 is 1.86 bits per heavy atom. The largest absolute Gasteiger partial charge is 0.250 e. The number of nitrogens with zero attached hydrogens (tertiary/aromatic N) is 4. The quantitative estimate of drug-likeness (QED) is 0.519. The van der Waals surface area contributed by atoms with Crippen LogP contribution in [0.2, 0.25) is 10.4 Å². The first kappa shape index (κ1) is 11.2. The van der Waals surface area contributed by atoms with Crippen molar-refractivity contribution in [1.29, 1.82) is 0 Å². The van der Waals surface area contributed by atoms with Crippen molar-refractivity contribution in [2.24, 2.45) is 7.05 Å². The molecule has 0 aliphatic heterocycles. The van der Waals surface area contributed by atoms with Crippen molar-refractivity contribution in [3.05, 3.63) is 16.6 Å². The van der Waals surface area contributed by atoms with Crippen LogP contribution in [0.3, 0.4) is 0 Å². The molecule has 0 N–H and O–H groups in total. The lowest BCUT2D eigenvalue weighted by molar-refractivity contribution is 0.785. The van der Waals surface area contributed by atoms with Gasteiger partial charge in [0.25, 0.3) is 0 Å². The summed E-state index contributed by atoms with van der Waals surface area (Å²) in [6.07, 6.45) is 1.61. The number of halogens is 2. The Balaban J connectivity index is 0.000000461. The molecule has 2 aromatic rings. The van der Waals surface area contributed by atoms with E-state index in [-0.39, 0.29) is 5.28 Å². The maximum absolute atomic E-state index is 5.79. The van der Waals surface area contributed by atoms with Gasteiger partial charge in [-0.3, -0.25) is 4.68 Å². The Morgan fingerprint density at radius 3 is 2.50 bits per heavy atom. The van der Waals surface area contributed by atoms with Gasteiger partial charge < -0.3 is 0 Å². The molecule has 0 atom stereocenters. The van der Waals surface area contributed by atoms with Gasteiger partial charge in [-0.25, -0.2) is 4.98 Å². The minimum atomic E-state index is 0.135. The van der Waals surface area contributed by atoms with Crippen LogP contribution in [0.15, 0.2) is 6.20 Å². The summed E-state index contributed by atoms with van der Waals surface area (Å²) in [6, 6.07) is 0. The van der Waals surface area contributed by atoms with Gasteiger partial charge in [0.05, 0.1) is 11.6 Å². The van der Waals surface area contributed by atoms with Crippen molar-refractivity contribution in [2.75, 3.05) is 0 Å². The summed E-state index contributed by atoms with van der Waals surface area (Å²) in [6.45, 7) is 4.00. The maximum Gasteiger partial charge on any atom is 0.225 e. The van der Waals surface area contributed by atoms with Crippen LogP contribution in [-0.4, -0.2) is 19.7 Å². The van der Waals surface area contributed by atoms with E-state index >= 15 is 0 Å². The van der Waals surface area contributed by atoms with Crippen molar-refractivity contribution >= 4 is 34.2 Å². The van der Waals surface area contributed by atoms with Crippen molar-refractivity contribution < 1.29 is 0 Å². The fourth-order valence-corrected chi connectivity index (χ4v) is 1.38. The van der Waals surface area contributed by atoms with Crippen LogP contribution in [0.25, 0.3) is 11.0 Å². The summed E-state index contributed by atoms with van der Waals surface area (Å²) in [7, 11) is 1.77.